The molecule has 17 heavy (non-hydrogen) atoms. The molecule has 0 unspecified atom stereocenters. The fourth-order valence-electron chi connectivity index (χ4n) is 2.60. The summed E-state index contributed by atoms with van der Waals surface area (Å²) in [5.74, 6) is 0.703. The Bertz CT molecular complexity index is 331. The van der Waals surface area contributed by atoms with Crippen molar-refractivity contribution in [2.75, 3.05) is 26.2 Å². The number of hydrogen-bond donors (Lipinski definition) is 2. The van der Waals surface area contributed by atoms with Gasteiger partial charge in [-0.25, -0.2) is 0 Å². The molecule has 2 fully saturated rings. The zero-order valence-electron chi connectivity index (χ0n) is 10.5. The maximum absolute atomic E-state index is 12.1. The van der Waals surface area contributed by atoms with Crippen molar-refractivity contribution in [3.05, 3.63) is 0 Å². The van der Waals surface area contributed by atoms with Crippen LogP contribution in [0.15, 0.2) is 0 Å². The van der Waals surface area contributed by atoms with E-state index < -0.39 is 10.2 Å². The highest BCUT2D eigenvalue weighted by Crippen LogP contribution is 2.21. The lowest BCUT2D eigenvalue weighted by atomic mass is 9.96. The Morgan fingerprint density at radius 3 is 2.53 bits per heavy atom. The van der Waals surface area contributed by atoms with Gasteiger partial charge in [0.2, 0.25) is 0 Å². The van der Waals surface area contributed by atoms with E-state index in [1.807, 2.05) is 0 Å². The van der Waals surface area contributed by atoms with E-state index in [1.54, 1.807) is 4.31 Å². The summed E-state index contributed by atoms with van der Waals surface area (Å²) in [4.78, 5) is 0. The van der Waals surface area contributed by atoms with Crippen LogP contribution in [0.3, 0.4) is 0 Å². The summed E-state index contributed by atoms with van der Waals surface area (Å²) in [6.45, 7) is 5.19. The molecule has 0 aromatic rings. The SMILES string of the molecule is CCC1CCN(S(=O)(=O)N[C@@H]2CCNC2)CC1. The third-order valence-electron chi connectivity index (χ3n) is 3.87. The molecule has 2 rings (SSSR count). The molecule has 0 saturated carbocycles. The van der Waals surface area contributed by atoms with E-state index in [0.29, 0.717) is 19.0 Å². The van der Waals surface area contributed by atoms with Crippen LogP contribution < -0.4 is 10.0 Å². The number of rotatable bonds is 4. The van der Waals surface area contributed by atoms with Gasteiger partial charge in [0.05, 0.1) is 0 Å². The van der Waals surface area contributed by atoms with Crippen molar-refractivity contribution in [2.45, 2.75) is 38.6 Å². The van der Waals surface area contributed by atoms with Crippen LogP contribution in [-0.2, 0) is 10.2 Å². The maximum Gasteiger partial charge on any atom is 0.279 e. The summed E-state index contributed by atoms with van der Waals surface area (Å²) in [6.07, 6.45) is 4.05. The summed E-state index contributed by atoms with van der Waals surface area (Å²) < 4.78 is 28.6. The third-order valence-corrected chi connectivity index (χ3v) is 5.54. The molecule has 5 nitrogen and oxygen atoms in total. The number of hydrogen-bond acceptors (Lipinski definition) is 3. The van der Waals surface area contributed by atoms with Gasteiger partial charge in [-0.15, -0.1) is 0 Å². The molecule has 2 N–H and O–H groups in total. The van der Waals surface area contributed by atoms with E-state index in [9.17, 15) is 8.42 Å². The van der Waals surface area contributed by atoms with Gasteiger partial charge in [-0.1, -0.05) is 13.3 Å². The van der Waals surface area contributed by atoms with E-state index >= 15 is 0 Å². The van der Waals surface area contributed by atoms with Gasteiger partial charge in [0, 0.05) is 25.7 Å². The fourth-order valence-corrected chi connectivity index (χ4v) is 4.06. The molecule has 100 valence electrons. The van der Waals surface area contributed by atoms with Gasteiger partial charge in [-0.05, 0) is 31.7 Å². The second-order valence-corrected chi connectivity index (χ2v) is 6.77. The molecular weight excluding hydrogens is 238 g/mol. The van der Waals surface area contributed by atoms with Gasteiger partial charge < -0.3 is 5.32 Å². The van der Waals surface area contributed by atoms with Gasteiger partial charge >= 0.3 is 0 Å². The van der Waals surface area contributed by atoms with Crippen LogP contribution in [0.4, 0.5) is 0 Å². The van der Waals surface area contributed by atoms with Crippen LogP contribution in [-0.4, -0.2) is 44.9 Å². The van der Waals surface area contributed by atoms with Crippen molar-refractivity contribution in [2.24, 2.45) is 5.92 Å². The zero-order chi connectivity index (χ0) is 12.3. The average Bonchev–Trinajstić information content (AvgIpc) is 2.81. The van der Waals surface area contributed by atoms with Crippen LogP contribution in [0.5, 0.6) is 0 Å². The van der Waals surface area contributed by atoms with Crippen LogP contribution >= 0.6 is 0 Å². The highest BCUT2D eigenvalue weighted by Gasteiger charge is 2.29. The van der Waals surface area contributed by atoms with E-state index in [-0.39, 0.29) is 6.04 Å². The maximum atomic E-state index is 12.1. The smallest absolute Gasteiger partial charge is 0.279 e. The summed E-state index contributed by atoms with van der Waals surface area (Å²) in [7, 11) is -3.26. The second kappa shape index (κ2) is 5.65. The Morgan fingerprint density at radius 2 is 2.00 bits per heavy atom. The van der Waals surface area contributed by atoms with E-state index in [2.05, 4.69) is 17.0 Å². The first-order valence-corrected chi connectivity index (χ1v) is 8.04. The Balaban J connectivity index is 1.87. The van der Waals surface area contributed by atoms with E-state index in [4.69, 9.17) is 0 Å². The number of nitrogens with zero attached hydrogens (tertiary/aromatic N) is 1. The molecule has 0 bridgehead atoms. The molecular formula is C11H23N3O2S. The minimum Gasteiger partial charge on any atom is -0.315 e. The molecule has 6 heteroatoms. The van der Waals surface area contributed by atoms with Gasteiger partial charge in [-0.2, -0.15) is 17.4 Å². The molecule has 2 saturated heterocycles. The predicted octanol–water partition coefficient (Wildman–Crippen LogP) is 0.305. The fraction of sp³-hybridized carbons (Fsp3) is 1.00. The average molecular weight is 261 g/mol. The Morgan fingerprint density at radius 1 is 1.29 bits per heavy atom. The molecule has 0 aliphatic carbocycles. The largest absolute Gasteiger partial charge is 0.315 e. The van der Waals surface area contributed by atoms with Crippen molar-refractivity contribution in [1.82, 2.24) is 14.3 Å². The van der Waals surface area contributed by atoms with Crippen molar-refractivity contribution in [3.63, 3.8) is 0 Å². The minimum atomic E-state index is -3.26. The van der Waals surface area contributed by atoms with E-state index in [1.165, 1.54) is 0 Å². The lowest BCUT2D eigenvalue weighted by molar-refractivity contribution is 0.265. The molecule has 0 aromatic carbocycles. The van der Waals surface area contributed by atoms with Crippen LogP contribution in [0.25, 0.3) is 0 Å². The molecule has 0 spiro atoms. The monoisotopic (exact) mass is 261 g/mol. The Kier molecular flexibility index (Phi) is 4.41. The highest BCUT2D eigenvalue weighted by molar-refractivity contribution is 7.87. The quantitative estimate of drug-likeness (QED) is 0.765. The first kappa shape index (κ1) is 13.3. The van der Waals surface area contributed by atoms with Crippen molar-refractivity contribution >= 4 is 10.2 Å². The third kappa shape index (κ3) is 3.40. The standard InChI is InChI=1S/C11H23N3O2S/c1-2-10-4-7-14(8-5-10)17(15,16)13-11-3-6-12-9-11/h10-13H,2-9H2,1H3/t11-/m1/s1. The first-order chi connectivity index (χ1) is 8.12. The number of piperidine rings is 1. The normalized spacial score (nSPS) is 28.6. The van der Waals surface area contributed by atoms with Crippen LogP contribution in [0.2, 0.25) is 0 Å². The molecule has 2 aliphatic heterocycles. The van der Waals surface area contributed by atoms with Gasteiger partial charge in [0.15, 0.2) is 0 Å². The minimum absolute atomic E-state index is 0.0731. The van der Waals surface area contributed by atoms with E-state index in [0.717, 1.165) is 38.8 Å². The van der Waals surface area contributed by atoms with Gasteiger partial charge in [-0.3, -0.25) is 0 Å². The summed E-state index contributed by atoms with van der Waals surface area (Å²) in [5.41, 5.74) is 0. The molecule has 0 radical (unpaired) electrons. The summed E-state index contributed by atoms with van der Waals surface area (Å²) in [5, 5.41) is 3.17. The second-order valence-electron chi connectivity index (χ2n) is 5.06. The van der Waals surface area contributed by atoms with Crippen LogP contribution in [0.1, 0.15) is 32.6 Å². The van der Waals surface area contributed by atoms with Crippen LogP contribution in [0, 0.1) is 5.92 Å². The van der Waals surface area contributed by atoms with Crippen molar-refractivity contribution in [3.8, 4) is 0 Å². The molecule has 2 heterocycles. The Hall–Kier alpha value is -0.170. The predicted molar refractivity (Wildman–Crippen MR) is 67.9 cm³/mol. The lowest BCUT2D eigenvalue weighted by Crippen LogP contribution is -2.48. The molecule has 1 atom stereocenters. The Labute approximate surface area is 104 Å². The summed E-state index contributed by atoms with van der Waals surface area (Å²) >= 11 is 0. The van der Waals surface area contributed by atoms with Crippen molar-refractivity contribution in [1.29, 1.82) is 0 Å². The zero-order valence-corrected chi connectivity index (χ0v) is 11.3. The lowest BCUT2D eigenvalue weighted by Gasteiger charge is -2.31. The molecule has 2 aliphatic rings. The number of nitrogens with one attached hydrogen (secondary N) is 2. The van der Waals surface area contributed by atoms with Crippen molar-refractivity contribution < 1.29 is 8.42 Å². The molecule has 0 aromatic heterocycles. The molecule has 0 amide bonds. The highest BCUT2D eigenvalue weighted by atomic mass is 32.2. The topological polar surface area (TPSA) is 61.4 Å². The summed E-state index contributed by atoms with van der Waals surface area (Å²) in [6, 6.07) is 0.0731. The van der Waals surface area contributed by atoms with Gasteiger partial charge in [0.1, 0.15) is 0 Å². The van der Waals surface area contributed by atoms with Gasteiger partial charge in [0.25, 0.3) is 10.2 Å². The first-order valence-electron chi connectivity index (χ1n) is 6.60.